The van der Waals surface area contributed by atoms with Crippen molar-refractivity contribution in [3.05, 3.63) is 50.6 Å². The molecule has 0 radical (unpaired) electrons. The van der Waals surface area contributed by atoms with Gasteiger partial charge in [-0.3, -0.25) is 4.79 Å². The lowest BCUT2D eigenvalue weighted by atomic mass is 10.0. The minimum atomic E-state index is -0.117. The third kappa shape index (κ3) is 1.88. The topological polar surface area (TPSA) is 45.8 Å². The van der Waals surface area contributed by atoms with Crippen molar-refractivity contribution in [1.82, 2.24) is 10.2 Å². The fourth-order valence-corrected chi connectivity index (χ4v) is 3.23. The molecule has 0 atom stereocenters. The maximum absolute atomic E-state index is 12.0. The summed E-state index contributed by atoms with van der Waals surface area (Å²) in [5, 5.41) is 8.59. The van der Waals surface area contributed by atoms with Crippen LogP contribution >= 0.6 is 11.3 Å². The standard InChI is InChI=1S/C15H14N2OS/c1-8-4-5-9(2)13-12(8)14(16-17-15(13)18)11-7-6-10(3)19-11/h4-7H,1-3H3,(H,17,18). The van der Waals surface area contributed by atoms with Crippen molar-refractivity contribution < 1.29 is 0 Å². The van der Waals surface area contributed by atoms with Crippen LogP contribution in [0.3, 0.4) is 0 Å². The summed E-state index contributed by atoms with van der Waals surface area (Å²) < 4.78 is 0. The second kappa shape index (κ2) is 4.31. The van der Waals surface area contributed by atoms with E-state index in [1.807, 2.05) is 26.0 Å². The van der Waals surface area contributed by atoms with Gasteiger partial charge in [-0.15, -0.1) is 11.3 Å². The SMILES string of the molecule is Cc1ccc(-c2n[nH]c(=O)c3c(C)ccc(C)c23)s1. The number of hydrogen-bond donors (Lipinski definition) is 1. The summed E-state index contributed by atoms with van der Waals surface area (Å²) in [6.07, 6.45) is 0. The molecule has 3 aromatic rings. The van der Waals surface area contributed by atoms with Gasteiger partial charge in [-0.2, -0.15) is 5.10 Å². The molecule has 0 aliphatic rings. The molecule has 4 heteroatoms. The molecule has 0 saturated carbocycles. The monoisotopic (exact) mass is 270 g/mol. The van der Waals surface area contributed by atoms with Crippen molar-refractivity contribution in [3.63, 3.8) is 0 Å². The quantitative estimate of drug-likeness (QED) is 0.734. The van der Waals surface area contributed by atoms with Gasteiger partial charge in [-0.1, -0.05) is 12.1 Å². The van der Waals surface area contributed by atoms with E-state index in [4.69, 9.17) is 0 Å². The van der Waals surface area contributed by atoms with E-state index in [0.717, 1.165) is 32.5 Å². The van der Waals surface area contributed by atoms with E-state index in [1.165, 1.54) is 4.88 Å². The number of benzene rings is 1. The number of aryl methyl sites for hydroxylation is 3. The zero-order valence-electron chi connectivity index (χ0n) is 11.1. The van der Waals surface area contributed by atoms with Crippen molar-refractivity contribution in [1.29, 1.82) is 0 Å². The Balaban J connectivity index is 2.48. The van der Waals surface area contributed by atoms with E-state index in [0.29, 0.717) is 0 Å². The molecule has 0 saturated heterocycles. The fraction of sp³-hybridized carbons (Fsp3) is 0.200. The third-order valence-corrected chi connectivity index (χ3v) is 4.34. The molecule has 1 N–H and O–H groups in total. The van der Waals surface area contributed by atoms with E-state index in [1.54, 1.807) is 11.3 Å². The molecule has 0 unspecified atom stereocenters. The number of rotatable bonds is 1. The summed E-state index contributed by atoms with van der Waals surface area (Å²) >= 11 is 1.69. The van der Waals surface area contributed by atoms with E-state index >= 15 is 0 Å². The number of nitrogens with one attached hydrogen (secondary N) is 1. The van der Waals surface area contributed by atoms with Crippen molar-refractivity contribution in [3.8, 4) is 10.6 Å². The number of nitrogens with zero attached hydrogens (tertiary/aromatic N) is 1. The average Bonchev–Trinajstić information content (AvgIpc) is 2.80. The van der Waals surface area contributed by atoms with Crippen LogP contribution in [0.4, 0.5) is 0 Å². The van der Waals surface area contributed by atoms with Crippen molar-refractivity contribution >= 4 is 22.1 Å². The normalized spacial score (nSPS) is 11.1. The van der Waals surface area contributed by atoms with E-state index < -0.39 is 0 Å². The molecule has 0 fully saturated rings. The highest BCUT2D eigenvalue weighted by atomic mass is 32.1. The molecule has 0 bridgehead atoms. The summed E-state index contributed by atoms with van der Waals surface area (Å²) in [5.74, 6) is 0. The van der Waals surface area contributed by atoms with Gasteiger partial charge in [-0.05, 0) is 44.0 Å². The van der Waals surface area contributed by atoms with Crippen molar-refractivity contribution in [2.24, 2.45) is 0 Å². The summed E-state index contributed by atoms with van der Waals surface area (Å²) in [7, 11) is 0. The molecule has 0 amide bonds. The second-order valence-electron chi connectivity index (χ2n) is 4.76. The molecule has 2 heterocycles. The van der Waals surface area contributed by atoms with Gasteiger partial charge in [0.1, 0.15) is 5.69 Å². The number of hydrogen-bond acceptors (Lipinski definition) is 3. The molecule has 0 spiro atoms. The summed E-state index contributed by atoms with van der Waals surface area (Å²) in [6.45, 7) is 6.05. The molecule has 0 aliphatic heterocycles. The van der Waals surface area contributed by atoms with Gasteiger partial charge in [-0.25, -0.2) is 5.10 Å². The Labute approximate surface area is 114 Å². The van der Waals surface area contributed by atoms with Crippen LogP contribution in [0.5, 0.6) is 0 Å². The highest BCUT2D eigenvalue weighted by Crippen LogP contribution is 2.32. The highest BCUT2D eigenvalue weighted by Gasteiger charge is 2.13. The number of H-pyrrole nitrogens is 1. The van der Waals surface area contributed by atoms with Crippen LogP contribution in [0.25, 0.3) is 21.3 Å². The van der Waals surface area contributed by atoms with Gasteiger partial charge in [0.15, 0.2) is 0 Å². The van der Waals surface area contributed by atoms with Gasteiger partial charge in [0.25, 0.3) is 5.56 Å². The number of fused-ring (bicyclic) bond motifs is 1. The summed E-state index contributed by atoms with van der Waals surface area (Å²) in [5.41, 5.74) is 2.82. The third-order valence-electron chi connectivity index (χ3n) is 3.33. The van der Waals surface area contributed by atoms with Gasteiger partial charge in [0.05, 0.1) is 10.3 Å². The maximum atomic E-state index is 12.0. The predicted molar refractivity (Wildman–Crippen MR) is 79.9 cm³/mol. The molecule has 2 aromatic heterocycles. The van der Waals surface area contributed by atoms with Crippen LogP contribution in [0, 0.1) is 20.8 Å². The molecule has 3 nitrogen and oxygen atoms in total. The fourth-order valence-electron chi connectivity index (χ4n) is 2.37. The van der Waals surface area contributed by atoms with Crippen LogP contribution in [0.2, 0.25) is 0 Å². The van der Waals surface area contributed by atoms with Gasteiger partial charge in [0, 0.05) is 10.3 Å². The summed E-state index contributed by atoms with van der Waals surface area (Å²) in [6, 6.07) is 8.16. The molecule has 3 rings (SSSR count). The van der Waals surface area contributed by atoms with Crippen LogP contribution in [-0.2, 0) is 0 Å². The van der Waals surface area contributed by atoms with Gasteiger partial charge in [0.2, 0.25) is 0 Å². The molecule has 1 aromatic carbocycles. The first kappa shape index (κ1) is 12.1. The number of aromatic amines is 1. The Morgan fingerprint density at radius 2 is 1.68 bits per heavy atom. The number of thiophene rings is 1. The lowest BCUT2D eigenvalue weighted by molar-refractivity contribution is 1.02. The summed E-state index contributed by atoms with van der Waals surface area (Å²) in [4.78, 5) is 14.4. The minimum absolute atomic E-state index is 0.117. The maximum Gasteiger partial charge on any atom is 0.272 e. The lowest BCUT2D eigenvalue weighted by Gasteiger charge is -2.08. The van der Waals surface area contributed by atoms with Gasteiger partial charge < -0.3 is 0 Å². The first-order chi connectivity index (χ1) is 9.08. The van der Waals surface area contributed by atoms with Crippen LogP contribution in [0.1, 0.15) is 16.0 Å². The minimum Gasteiger partial charge on any atom is -0.267 e. The first-order valence-electron chi connectivity index (χ1n) is 6.13. The van der Waals surface area contributed by atoms with Crippen molar-refractivity contribution in [2.45, 2.75) is 20.8 Å². The average molecular weight is 270 g/mol. The van der Waals surface area contributed by atoms with Gasteiger partial charge >= 0.3 is 0 Å². The Morgan fingerprint density at radius 3 is 2.32 bits per heavy atom. The predicted octanol–water partition coefficient (Wildman–Crippen LogP) is 3.58. The van der Waals surface area contributed by atoms with Crippen LogP contribution < -0.4 is 5.56 Å². The molecular formula is C15H14N2OS. The highest BCUT2D eigenvalue weighted by molar-refractivity contribution is 7.15. The lowest BCUT2D eigenvalue weighted by Crippen LogP contribution is -2.11. The van der Waals surface area contributed by atoms with Crippen LogP contribution in [0.15, 0.2) is 29.1 Å². The van der Waals surface area contributed by atoms with E-state index in [9.17, 15) is 4.79 Å². The first-order valence-corrected chi connectivity index (χ1v) is 6.95. The largest absolute Gasteiger partial charge is 0.272 e. The van der Waals surface area contributed by atoms with Crippen LogP contribution in [-0.4, -0.2) is 10.2 Å². The number of aromatic nitrogens is 2. The molecule has 19 heavy (non-hydrogen) atoms. The Hall–Kier alpha value is -1.94. The van der Waals surface area contributed by atoms with Crippen molar-refractivity contribution in [2.75, 3.05) is 0 Å². The van der Waals surface area contributed by atoms with E-state index in [2.05, 4.69) is 29.3 Å². The molecule has 96 valence electrons. The Morgan fingerprint density at radius 1 is 1.00 bits per heavy atom. The second-order valence-corrected chi connectivity index (χ2v) is 6.05. The Kier molecular flexibility index (Phi) is 2.75. The molecule has 0 aliphatic carbocycles. The zero-order chi connectivity index (χ0) is 13.6. The molecular weight excluding hydrogens is 256 g/mol. The Bertz CT molecular complexity index is 830. The van der Waals surface area contributed by atoms with E-state index in [-0.39, 0.29) is 5.56 Å². The zero-order valence-corrected chi connectivity index (χ0v) is 11.9. The smallest absolute Gasteiger partial charge is 0.267 e.